The Morgan fingerprint density at radius 2 is 1.85 bits per heavy atom. The van der Waals surface area contributed by atoms with Gasteiger partial charge in [-0.05, 0) is 35.9 Å². The number of amides is 1. The molecule has 132 valence electrons. The number of rotatable bonds is 4. The van der Waals surface area contributed by atoms with Crippen molar-refractivity contribution in [2.75, 3.05) is 18.5 Å². The van der Waals surface area contributed by atoms with Crippen molar-refractivity contribution in [3.63, 3.8) is 0 Å². The number of carbonyl (C=O) groups excluding carboxylic acids is 1. The zero-order valence-electron chi connectivity index (χ0n) is 13.8. The molecule has 1 aliphatic heterocycles. The molecule has 2 heterocycles. The molecule has 0 spiro atoms. The van der Waals surface area contributed by atoms with Crippen molar-refractivity contribution in [1.82, 2.24) is 9.78 Å². The van der Waals surface area contributed by atoms with Crippen LogP contribution in [0.2, 0.25) is 5.02 Å². The third-order valence-corrected chi connectivity index (χ3v) is 4.20. The Kier molecular flexibility index (Phi) is 4.50. The van der Waals surface area contributed by atoms with Gasteiger partial charge >= 0.3 is 0 Å². The molecule has 0 radical (unpaired) electrons. The molecule has 3 aromatic rings. The summed E-state index contributed by atoms with van der Waals surface area (Å²) in [4.78, 5) is 12.4. The summed E-state index contributed by atoms with van der Waals surface area (Å²) in [5.74, 6) is 1.47. The lowest BCUT2D eigenvalue weighted by Gasteiger charge is -2.18. The van der Waals surface area contributed by atoms with Gasteiger partial charge in [0.2, 0.25) is 0 Å². The fourth-order valence-electron chi connectivity index (χ4n) is 2.67. The van der Waals surface area contributed by atoms with Gasteiger partial charge in [0.25, 0.3) is 5.91 Å². The van der Waals surface area contributed by atoms with Gasteiger partial charge < -0.3 is 14.8 Å². The maximum absolute atomic E-state index is 12.4. The molecule has 0 saturated heterocycles. The zero-order valence-corrected chi connectivity index (χ0v) is 14.6. The summed E-state index contributed by atoms with van der Waals surface area (Å²) in [6, 6.07) is 14.4. The van der Waals surface area contributed by atoms with Crippen LogP contribution in [-0.2, 0) is 6.54 Å². The number of nitrogens with one attached hydrogen (secondary N) is 1. The number of halogens is 1. The van der Waals surface area contributed by atoms with E-state index in [0.29, 0.717) is 47.7 Å². The number of fused-ring (bicyclic) bond motifs is 1. The van der Waals surface area contributed by atoms with Crippen molar-refractivity contribution >= 4 is 23.3 Å². The van der Waals surface area contributed by atoms with E-state index in [1.165, 1.54) is 0 Å². The first kappa shape index (κ1) is 16.5. The van der Waals surface area contributed by atoms with E-state index in [0.717, 1.165) is 5.56 Å². The standard InChI is InChI=1S/C19H16ClN3O3/c20-15-4-1-13(2-5-15)12-23-8-7-18(22-23)21-19(24)14-3-6-16-17(11-14)26-10-9-25-16/h1-8,11H,9-10,12H2,(H,21,22,24). The van der Waals surface area contributed by atoms with Gasteiger partial charge in [0.1, 0.15) is 13.2 Å². The Balaban J connectivity index is 1.43. The molecule has 0 bridgehead atoms. The molecule has 1 aliphatic rings. The second-order valence-electron chi connectivity index (χ2n) is 5.84. The summed E-state index contributed by atoms with van der Waals surface area (Å²) in [7, 11) is 0. The second kappa shape index (κ2) is 7.09. The normalized spacial score (nSPS) is 12.7. The minimum absolute atomic E-state index is 0.251. The number of hydrogen-bond acceptors (Lipinski definition) is 4. The Bertz CT molecular complexity index is 937. The number of carbonyl (C=O) groups is 1. The van der Waals surface area contributed by atoms with E-state index in [2.05, 4.69) is 10.4 Å². The van der Waals surface area contributed by atoms with Crippen LogP contribution in [0.15, 0.2) is 54.7 Å². The van der Waals surface area contributed by atoms with Crippen molar-refractivity contribution in [3.05, 3.63) is 70.9 Å². The number of nitrogens with zero attached hydrogens (tertiary/aromatic N) is 2. The van der Waals surface area contributed by atoms with Gasteiger partial charge in [-0.1, -0.05) is 23.7 Å². The molecular weight excluding hydrogens is 354 g/mol. The summed E-state index contributed by atoms with van der Waals surface area (Å²) in [5, 5.41) is 7.86. The van der Waals surface area contributed by atoms with Crippen molar-refractivity contribution in [2.24, 2.45) is 0 Å². The van der Waals surface area contributed by atoms with Crippen LogP contribution in [0.1, 0.15) is 15.9 Å². The predicted octanol–water partition coefficient (Wildman–Crippen LogP) is 3.61. The van der Waals surface area contributed by atoms with E-state index in [4.69, 9.17) is 21.1 Å². The highest BCUT2D eigenvalue weighted by Crippen LogP contribution is 2.30. The summed E-state index contributed by atoms with van der Waals surface area (Å²) < 4.78 is 12.7. The molecule has 2 aromatic carbocycles. The molecule has 4 rings (SSSR count). The van der Waals surface area contributed by atoms with Crippen LogP contribution in [0.3, 0.4) is 0 Å². The van der Waals surface area contributed by atoms with Crippen molar-refractivity contribution < 1.29 is 14.3 Å². The molecule has 7 heteroatoms. The van der Waals surface area contributed by atoms with Crippen LogP contribution < -0.4 is 14.8 Å². The fourth-order valence-corrected chi connectivity index (χ4v) is 2.79. The maximum Gasteiger partial charge on any atom is 0.257 e. The number of benzene rings is 2. The number of anilines is 1. The average molecular weight is 370 g/mol. The molecule has 6 nitrogen and oxygen atoms in total. The van der Waals surface area contributed by atoms with Gasteiger partial charge in [0.05, 0.1) is 6.54 Å². The molecule has 1 aromatic heterocycles. The quantitative estimate of drug-likeness (QED) is 0.763. The highest BCUT2D eigenvalue weighted by Gasteiger charge is 2.15. The first-order valence-electron chi connectivity index (χ1n) is 8.16. The number of ether oxygens (including phenoxy) is 2. The molecule has 0 atom stereocenters. The summed E-state index contributed by atoms with van der Waals surface area (Å²) in [6.07, 6.45) is 1.81. The Morgan fingerprint density at radius 3 is 2.65 bits per heavy atom. The Labute approximate surface area is 155 Å². The van der Waals surface area contributed by atoms with E-state index >= 15 is 0 Å². The van der Waals surface area contributed by atoms with Crippen molar-refractivity contribution in [3.8, 4) is 11.5 Å². The van der Waals surface area contributed by atoms with Gasteiger partial charge in [-0.25, -0.2) is 0 Å². The van der Waals surface area contributed by atoms with Crippen LogP contribution in [-0.4, -0.2) is 28.9 Å². The highest BCUT2D eigenvalue weighted by atomic mass is 35.5. The lowest BCUT2D eigenvalue weighted by Crippen LogP contribution is -2.17. The minimum atomic E-state index is -0.251. The number of hydrogen-bond donors (Lipinski definition) is 1. The third kappa shape index (κ3) is 3.65. The predicted molar refractivity (Wildman–Crippen MR) is 98.2 cm³/mol. The van der Waals surface area contributed by atoms with Crippen LogP contribution in [0, 0.1) is 0 Å². The third-order valence-electron chi connectivity index (χ3n) is 3.94. The smallest absolute Gasteiger partial charge is 0.257 e. The van der Waals surface area contributed by atoms with E-state index in [9.17, 15) is 4.79 Å². The molecule has 1 amide bonds. The largest absolute Gasteiger partial charge is 0.486 e. The lowest BCUT2D eigenvalue weighted by atomic mass is 10.2. The maximum atomic E-state index is 12.4. The molecule has 1 N–H and O–H groups in total. The zero-order chi connectivity index (χ0) is 17.9. The molecule has 0 unspecified atom stereocenters. The van der Waals surface area contributed by atoms with Gasteiger partial charge in [-0.2, -0.15) is 5.10 Å². The van der Waals surface area contributed by atoms with Gasteiger partial charge in [-0.15, -0.1) is 0 Å². The summed E-state index contributed by atoms with van der Waals surface area (Å²) in [6.45, 7) is 1.59. The first-order valence-corrected chi connectivity index (χ1v) is 8.54. The van der Waals surface area contributed by atoms with E-state index in [1.807, 2.05) is 30.5 Å². The molecular formula is C19H16ClN3O3. The SMILES string of the molecule is O=C(Nc1ccn(Cc2ccc(Cl)cc2)n1)c1ccc2c(c1)OCCO2. The van der Waals surface area contributed by atoms with Crippen LogP contribution >= 0.6 is 11.6 Å². The van der Waals surface area contributed by atoms with E-state index in [1.54, 1.807) is 28.9 Å². The molecule has 0 saturated carbocycles. The first-order chi connectivity index (χ1) is 12.7. The summed E-state index contributed by atoms with van der Waals surface area (Å²) >= 11 is 5.89. The van der Waals surface area contributed by atoms with E-state index < -0.39 is 0 Å². The van der Waals surface area contributed by atoms with Crippen molar-refractivity contribution in [1.29, 1.82) is 0 Å². The summed E-state index contributed by atoms with van der Waals surface area (Å²) in [5.41, 5.74) is 1.56. The molecule has 0 aliphatic carbocycles. The molecule has 0 fully saturated rings. The van der Waals surface area contributed by atoms with Crippen LogP contribution in [0.5, 0.6) is 11.5 Å². The monoisotopic (exact) mass is 369 g/mol. The van der Waals surface area contributed by atoms with Crippen molar-refractivity contribution in [2.45, 2.75) is 6.54 Å². The number of aromatic nitrogens is 2. The lowest BCUT2D eigenvalue weighted by molar-refractivity contribution is 0.102. The van der Waals surface area contributed by atoms with Crippen LogP contribution in [0.25, 0.3) is 0 Å². The van der Waals surface area contributed by atoms with Gasteiger partial charge in [0.15, 0.2) is 17.3 Å². The van der Waals surface area contributed by atoms with E-state index in [-0.39, 0.29) is 5.91 Å². The van der Waals surface area contributed by atoms with Gasteiger partial charge in [0, 0.05) is 22.8 Å². The van der Waals surface area contributed by atoms with Gasteiger partial charge in [-0.3, -0.25) is 9.48 Å². The molecule has 26 heavy (non-hydrogen) atoms. The fraction of sp³-hybridized carbons (Fsp3) is 0.158. The average Bonchev–Trinajstić information content (AvgIpc) is 3.10. The minimum Gasteiger partial charge on any atom is -0.486 e. The Morgan fingerprint density at radius 1 is 1.08 bits per heavy atom. The van der Waals surface area contributed by atoms with Crippen LogP contribution in [0.4, 0.5) is 5.82 Å². The topological polar surface area (TPSA) is 65.4 Å². The Hall–Kier alpha value is -2.99. The second-order valence-corrected chi connectivity index (χ2v) is 6.27. The highest BCUT2D eigenvalue weighted by molar-refractivity contribution is 6.30.